The third-order valence-corrected chi connectivity index (χ3v) is 6.34. The molecule has 0 bridgehead atoms. The van der Waals surface area contributed by atoms with Crippen molar-refractivity contribution in [2.45, 2.75) is 32.7 Å². The van der Waals surface area contributed by atoms with Gasteiger partial charge in [-0.15, -0.1) is 0 Å². The van der Waals surface area contributed by atoms with Crippen LogP contribution in [-0.4, -0.2) is 57.7 Å². The summed E-state index contributed by atoms with van der Waals surface area (Å²) in [5.41, 5.74) is 1.97. The Balaban J connectivity index is 1.27. The van der Waals surface area contributed by atoms with Crippen molar-refractivity contribution < 1.29 is 18.4 Å². The highest BCUT2D eigenvalue weighted by molar-refractivity contribution is 5.99. The highest BCUT2D eigenvalue weighted by Gasteiger charge is 2.26. The van der Waals surface area contributed by atoms with Crippen LogP contribution in [0.1, 0.15) is 42.4 Å². The molecule has 1 saturated heterocycles. The maximum absolute atomic E-state index is 14.0. The maximum Gasteiger partial charge on any atom is 0.324 e. The summed E-state index contributed by atoms with van der Waals surface area (Å²) in [4.78, 5) is 28.7. The van der Waals surface area contributed by atoms with Gasteiger partial charge in [-0.05, 0) is 29.8 Å². The highest BCUT2D eigenvalue weighted by Crippen LogP contribution is 2.23. The van der Waals surface area contributed by atoms with E-state index in [0.29, 0.717) is 44.2 Å². The summed E-state index contributed by atoms with van der Waals surface area (Å²) in [5.74, 6) is -1.70. The van der Waals surface area contributed by atoms with Crippen LogP contribution in [0.2, 0.25) is 0 Å². The SMILES string of the molecule is Cn1nc(C(C)(C)C)cc1NC(=O)Nc1ccc(CN2CCN(C(=O)c3c(F)cccc3F)CC2)cc1. The molecule has 4 rings (SSSR count). The molecular weight excluding hydrogens is 478 g/mol. The molecule has 1 fully saturated rings. The molecular formula is C27H32F2N6O2. The molecule has 37 heavy (non-hydrogen) atoms. The summed E-state index contributed by atoms with van der Waals surface area (Å²) in [6.45, 7) is 8.80. The van der Waals surface area contributed by atoms with E-state index < -0.39 is 23.1 Å². The standard InChI is InChI=1S/C27H32F2N6O2/c1-27(2,3)22-16-23(33(4)32-22)31-26(37)30-19-10-8-18(9-11-19)17-34-12-14-35(15-13-34)25(36)24-20(28)6-5-7-21(24)29/h5-11,16H,12-15,17H2,1-4H3,(H2,30,31,37). The van der Waals surface area contributed by atoms with Gasteiger partial charge in [0.15, 0.2) is 0 Å². The fraction of sp³-hybridized carbons (Fsp3) is 0.370. The monoisotopic (exact) mass is 510 g/mol. The minimum atomic E-state index is -0.843. The molecule has 2 heterocycles. The molecule has 1 aliphatic rings. The molecule has 1 aliphatic heterocycles. The van der Waals surface area contributed by atoms with E-state index in [1.807, 2.05) is 30.3 Å². The lowest BCUT2D eigenvalue weighted by atomic mass is 9.92. The molecule has 10 heteroatoms. The number of piperazine rings is 1. The molecule has 0 atom stereocenters. The maximum atomic E-state index is 14.0. The van der Waals surface area contributed by atoms with Crippen LogP contribution in [0.5, 0.6) is 0 Å². The van der Waals surface area contributed by atoms with Gasteiger partial charge in [-0.1, -0.05) is 39.0 Å². The summed E-state index contributed by atoms with van der Waals surface area (Å²) in [5, 5.41) is 10.1. The number of carbonyl (C=O) groups is 2. The third kappa shape index (κ3) is 6.32. The number of rotatable bonds is 5. The van der Waals surface area contributed by atoms with E-state index in [0.717, 1.165) is 23.4 Å². The Kier molecular flexibility index (Phi) is 7.58. The molecule has 196 valence electrons. The summed E-state index contributed by atoms with van der Waals surface area (Å²) < 4.78 is 29.6. The van der Waals surface area contributed by atoms with E-state index in [1.54, 1.807) is 11.7 Å². The van der Waals surface area contributed by atoms with E-state index in [-0.39, 0.29) is 11.4 Å². The lowest BCUT2D eigenvalue weighted by molar-refractivity contribution is 0.0619. The predicted molar refractivity (Wildman–Crippen MR) is 139 cm³/mol. The van der Waals surface area contributed by atoms with Gasteiger partial charge in [0.25, 0.3) is 5.91 Å². The van der Waals surface area contributed by atoms with Gasteiger partial charge in [0.2, 0.25) is 0 Å². The topological polar surface area (TPSA) is 82.5 Å². The number of nitrogens with zero attached hydrogens (tertiary/aromatic N) is 4. The molecule has 0 spiro atoms. The molecule has 3 amide bonds. The third-order valence-electron chi connectivity index (χ3n) is 6.34. The van der Waals surface area contributed by atoms with E-state index in [9.17, 15) is 18.4 Å². The van der Waals surface area contributed by atoms with E-state index in [2.05, 4.69) is 41.4 Å². The fourth-order valence-electron chi connectivity index (χ4n) is 4.15. The van der Waals surface area contributed by atoms with Crippen molar-refractivity contribution in [1.29, 1.82) is 0 Å². The molecule has 8 nitrogen and oxygen atoms in total. The number of aromatic nitrogens is 2. The number of halogens is 2. The number of amides is 3. The quantitative estimate of drug-likeness (QED) is 0.526. The van der Waals surface area contributed by atoms with Crippen LogP contribution in [0.15, 0.2) is 48.5 Å². The van der Waals surface area contributed by atoms with Gasteiger partial charge in [-0.25, -0.2) is 13.6 Å². The zero-order valence-electron chi connectivity index (χ0n) is 21.5. The minimum Gasteiger partial charge on any atom is -0.336 e. The molecule has 2 N–H and O–H groups in total. The molecule has 1 aromatic heterocycles. The number of benzene rings is 2. The van der Waals surface area contributed by atoms with E-state index >= 15 is 0 Å². The fourth-order valence-corrected chi connectivity index (χ4v) is 4.15. The van der Waals surface area contributed by atoms with Crippen molar-refractivity contribution in [3.05, 3.63) is 77.0 Å². The number of carbonyl (C=O) groups excluding carboxylic acids is 2. The second-order valence-corrected chi connectivity index (χ2v) is 10.2. The van der Waals surface area contributed by atoms with Crippen LogP contribution in [0.25, 0.3) is 0 Å². The Morgan fingerprint density at radius 1 is 0.946 bits per heavy atom. The Labute approximate surface area is 215 Å². The first-order chi connectivity index (χ1) is 17.5. The number of anilines is 2. The second-order valence-electron chi connectivity index (χ2n) is 10.2. The van der Waals surface area contributed by atoms with E-state index in [4.69, 9.17) is 0 Å². The van der Waals surface area contributed by atoms with Crippen molar-refractivity contribution in [1.82, 2.24) is 19.6 Å². The van der Waals surface area contributed by atoms with Gasteiger partial charge in [-0.2, -0.15) is 5.10 Å². The summed E-state index contributed by atoms with van der Waals surface area (Å²) in [6.07, 6.45) is 0. The number of hydrogen-bond donors (Lipinski definition) is 2. The largest absolute Gasteiger partial charge is 0.336 e. The van der Waals surface area contributed by atoms with Crippen molar-refractivity contribution in [2.75, 3.05) is 36.8 Å². The van der Waals surface area contributed by atoms with Crippen LogP contribution in [-0.2, 0) is 19.0 Å². The average Bonchev–Trinajstić information content (AvgIpc) is 3.21. The summed E-state index contributed by atoms with van der Waals surface area (Å²) in [6, 6.07) is 12.5. The van der Waals surface area contributed by atoms with Gasteiger partial charge in [0.1, 0.15) is 23.0 Å². The Morgan fingerprint density at radius 2 is 1.57 bits per heavy atom. The first-order valence-corrected chi connectivity index (χ1v) is 12.2. The lowest BCUT2D eigenvalue weighted by Gasteiger charge is -2.34. The van der Waals surface area contributed by atoms with Crippen LogP contribution in [0, 0.1) is 11.6 Å². The number of hydrogen-bond acceptors (Lipinski definition) is 4. The number of aryl methyl sites for hydroxylation is 1. The van der Waals surface area contributed by atoms with Crippen molar-refractivity contribution in [3.63, 3.8) is 0 Å². The first-order valence-electron chi connectivity index (χ1n) is 12.2. The van der Waals surface area contributed by atoms with Gasteiger partial charge >= 0.3 is 6.03 Å². The lowest BCUT2D eigenvalue weighted by Crippen LogP contribution is -2.48. The van der Waals surface area contributed by atoms with Crippen LogP contribution < -0.4 is 10.6 Å². The molecule has 3 aromatic rings. The molecule has 0 aliphatic carbocycles. The second kappa shape index (κ2) is 10.7. The predicted octanol–water partition coefficient (Wildman–Crippen LogP) is 4.60. The van der Waals surface area contributed by atoms with Crippen LogP contribution in [0.4, 0.5) is 25.1 Å². The molecule has 0 saturated carbocycles. The Morgan fingerprint density at radius 3 is 2.14 bits per heavy atom. The molecule has 0 radical (unpaired) electrons. The Hall–Kier alpha value is -3.79. The van der Waals surface area contributed by atoms with Gasteiger partial charge in [0.05, 0.1) is 5.69 Å². The molecule has 2 aromatic carbocycles. The number of urea groups is 1. The van der Waals surface area contributed by atoms with Gasteiger partial charge in [0, 0.05) is 56.9 Å². The van der Waals surface area contributed by atoms with Crippen molar-refractivity contribution >= 4 is 23.4 Å². The zero-order chi connectivity index (χ0) is 26.7. The van der Waals surface area contributed by atoms with Crippen LogP contribution >= 0.6 is 0 Å². The summed E-state index contributed by atoms with van der Waals surface area (Å²) >= 11 is 0. The van der Waals surface area contributed by atoms with Crippen molar-refractivity contribution in [3.8, 4) is 0 Å². The zero-order valence-corrected chi connectivity index (χ0v) is 21.5. The van der Waals surface area contributed by atoms with Crippen LogP contribution in [0.3, 0.4) is 0 Å². The van der Waals surface area contributed by atoms with E-state index in [1.165, 1.54) is 11.0 Å². The average molecular weight is 511 g/mol. The van der Waals surface area contributed by atoms with Gasteiger partial charge in [-0.3, -0.25) is 19.7 Å². The normalized spacial score (nSPS) is 14.5. The number of nitrogens with one attached hydrogen (secondary N) is 2. The van der Waals surface area contributed by atoms with Gasteiger partial charge < -0.3 is 10.2 Å². The highest BCUT2D eigenvalue weighted by atomic mass is 19.1. The summed E-state index contributed by atoms with van der Waals surface area (Å²) in [7, 11) is 1.79. The smallest absolute Gasteiger partial charge is 0.324 e. The van der Waals surface area contributed by atoms with Crippen molar-refractivity contribution in [2.24, 2.45) is 7.05 Å². The first kappa shape index (κ1) is 26.3. The Bertz CT molecular complexity index is 1250. The minimum absolute atomic E-state index is 0.121. The molecule has 0 unspecified atom stereocenters.